The number of aromatic nitrogens is 1. The van der Waals surface area contributed by atoms with E-state index in [1.807, 2.05) is 4.90 Å². The summed E-state index contributed by atoms with van der Waals surface area (Å²) in [5, 5.41) is 2.58. The second-order valence-corrected chi connectivity index (χ2v) is 8.23. The highest BCUT2D eigenvalue weighted by Gasteiger charge is 2.31. The Bertz CT molecular complexity index is 964. The molecule has 2 amide bonds. The van der Waals surface area contributed by atoms with Crippen LogP contribution in [0.5, 0.6) is 0 Å². The molecule has 1 N–H and O–H groups in total. The van der Waals surface area contributed by atoms with Crippen molar-refractivity contribution in [2.75, 3.05) is 36.4 Å². The van der Waals surface area contributed by atoms with Crippen LogP contribution >= 0.6 is 0 Å². The lowest BCUT2D eigenvalue weighted by molar-refractivity contribution is -0.137. The summed E-state index contributed by atoms with van der Waals surface area (Å²) in [6.07, 6.45) is 1.23. The summed E-state index contributed by atoms with van der Waals surface area (Å²) < 4.78 is 38.6. The number of alkyl halides is 3. The molecule has 170 valence electrons. The van der Waals surface area contributed by atoms with Crippen LogP contribution < -0.4 is 10.2 Å². The number of carbonyl (C=O) groups excluding carboxylic acids is 2. The van der Waals surface area contributed by atoms with Crippen LogP contribution in [0.1, 0.15) is 41.6 Å². The van der Waals surface area contributed by atoms with Crippen LogP contribution in [0.4, 0.5) is 24.7 Å². The van der Waals surface area contributed by atoms with Crippen LogP contribution in [-0.4, -0.2) is 47.9 Å². The molecule has 2 fully saturated rings. The Morgan fingerprint density at radius 3 is 2.34 bits per heavy atom. The Morgan fingerprint density at radius 2 is 1.72 bits per heavy atom. The number of nitrogens with one attached hydrogen (secondary N) is 1. The van der Waals surface area contributed by atoms with Crippen molar-refractivity contribution in [3.63, 3.8) is 0 Å². The number of amides is 2. The van der Waals surface area contributed by atoms with Gasteiger partial charge in [0.25, 0.3) is 5.91 Å². The maximum atomic E-state index is 12.9. The fraction of sp³-hybridized carbons (Fsp3) is 0.435. The van der Waals surface area contributed by atoms with Crippen molar-refractivity contribution in [3.05, 3.63) is 53.7 Å². The van der Waals surface area contributed by atoms with Gasteiger partial charge in [-0.15, -0.1) is 0 Å². The summed E-state index contributed by atoms with van der Waals surface area (Å²) in [5.41, 5.74) is -0.553. The molecule has 2 aliphatic rings. The van der Waals surface area contributed by atoms with Crippen LogP contribution in [-0.2, 0) is 11.0 Å². The first-order valence-electron chi connectivity index (χ1n) is 10.8. The van der Waals surface area contributed by atoms with E-state index >= 15 is 0 Å². The molecule has 0 unspecified atom stereocenters. The van der Waals surface area contributed by atoms with E-state index < -0.39 is 17.6 Å². The number of anilines is 2. The van der Waals surface area contributed by atoms with Crippen LogP contribution in [0.3, 0.4) is 0 Å². The van der Waals surface area contributed by atoms with Gasteiger partial charge in [-0.05, 0) is 43.2 Å². The number of pyridine rings is 1. The smallest absolute Gasteiger partial charge is 0.353 e. The van der Waals surface area contributed by atoms with Crippen LogP contribution in [0.15, 0.2) is 42.6 Å². The molecule has 1 saturated carbocycles. The molecule has 6 nitrogen and oxygen atoms in total. The monoisotopic (exact) mass is 446 g/mol. The molecule has 1 aromatic heterocycles. The van der Waals surface area contributed by atoms with Crippen LogP contribution in [0, 0.1) is 5.92 Å². The lowest BCUT2D eigenvalue weighted by Gasteiger charge is -2.36. The van der Waals surface area contributed by atoms with Gasteiger partial charge in [0.05, 0.1) is 17.4 Å². The SMILES string of the molecule is O=C(Nc1ccc(N2CCN(C(=O)C3CCCC3)CC2)nc1)c1cccc(C(F)(F)F)c1. The van der Waals surface area contributed by atoms with Gasteiger partial charge in [0.2, 0.25) is 5.91 Å². The predicted octanol–water partition coefficient (Wildman–Crippen LogP) is 4.19. The normalized spacial score (nSPS) is 17.5. The molecular formula is C23H25F3N4O2. The quantitative estimate of drug-likeness (QED) is 0.765. The van der Waals surface area contributed by atoms with Crippen molar-refractivity contribution in [1.29, 1.82) is 0 Å². The molecule has 0 atom stereocenters. The standard InChI is InChI=1S/C23H25F3N4O2/c24-23(25,26)18-7-3-6-17(14-18)21(31)28-19-8-9-20(27-15-19)29-10-12-30(13-11-29)22(32)16-4-1-2-5-16/h3,6-9,14-16H,1-2,4-5,10-13H2,(H,28,31). The molecule has 0 radical (unpaired) electrons. The third-order valence-electron chi connectivity index (χ3n) is 6.08. The number of piperazine rings is 1. The van der Waals surface area contributed by atoms with E-state index in [1.54, 1.807) is 12.1 Å². The van der Waals surface area contributed by atoms with Gasteiger partial charge < -0.3 is 15.1 Å². The molecule has 0 spiro atoms. The van der Waals surface area contributed by atoms with E-state index in [9.17, 15) is 22.8 Å². The van der Waals surface area contributed by atoms with E-state index in [-0.39, 0.29) is 17.4 Å². The first kappa shape index (κ1) is 22.1. The minimum Gasteiger partial charge on any atom is -0.353 e. The number of nitrogens with zero attached hydrogens (tertiary/aromatic N) is 3. The molecular weight excluding hydrogens is 421 g/mol. The zero-order valence-corrected chi connectivity index (χ0v) is 17.6. The molecule has 4 rings (SSSR count). The van der Waals surface area contributed by atoms with Gasteiger partial charge in [0.1, 0.15) is 5.82 Å². The zero-order chi connectivity index (χ0) is 22.7. The molecule has 1 aromatic carbocycles. The number of benzene rings is 1. The summed E-state index contributed by atoms with van der Waals surface area (Å²) in [4.78, 5) is 33.3. The summed E-state index contributed by atoms with van der Waals surface area (Å²) in [5.74, 6) is 0.543. The minimum atomic E-state index is -4.51. The summed E-state index contributed by atoms with van der Waals surface area (Å²) in [6.45, 7) is 2.68. The van der Waals surface area contributed by atoms with Crippen molar-refractivity contribution in [1.82, 2.24) is 9.88 Å². The highest BCUT2D eigenvalue weighted by molar-refractivity contribution is 6.04. The maximum Gasteiger partial charge on any atom is 0.416 e. The first-order chi connectivity index (χ1) is 15.3. The maximum absolute atomic E-state index is 12.9. The van der Waals surface area contributed by atoms with Gasteiger partial charge in [-0.2, -0.15) is 13.2 Å². The topological polar surface area (TPSA) is 65.5 Å². The Balaban J connectivity index is 1.33. The van der Waals surface area contributed by atoms with Crippen molar-refractivity contribution in [3.8, 4) is 0 Å². The molecule has 2 heterocycles. The number of hydrogen-bond donors (Lipinski definition) is 1. The highest BCUT2D eigenvalue weighted by Crippen LogP contribution is 2.30. The lowest BCUT2D eigenvalue weighted by atomic mass is 10.1. The molecule has 9 heteroatoms. The zero-order valence-electron chi connectivity index (χ0n) is 17.6. The van der Waals surface area contributed by atoms with Gasteiger partial charge in [-0.1, -0.05) is 18.9 Å². The van der Waals surface area contributed by atoms with Gasteiger partial charge in [0.15, 0.2) is 0 Å². The molecule has 1 aliphatic carbocycles. The van der Waals surface area contributed by atoms with E-state index in [0.29, 0.717) is 31.9 Å². The molecule has 1 aliphatic heterocycles. The van der Waals surface area contributed by atoms with Crippen LogP contribution in [0.2, 0.25) is 0 Å². The van der Waals surface area contributed by atoms with Crippen LogP contribution in [0.25, 0.3) is 0 Å². The second kappa shape index (κ2) is 9.18. The predicted molar refractivity (Wildman–Crippen MR) is 114 cm³/mol. The first-order valence-corrected chi connectivity index (χ1v) is 10.8. The Hall–Kier alpha value is -3.10. The number of carbonyl (C=O) groups is 2. The summed E-state index contributed by atoms with van der Waals surface area (Å²) in [7, 11) is 0. The van der Waals surface area contributed by atoms with Crippen molar-refractivity contribution in [2.45, 2.75) is 31.9 Å². The van der Waals surface area contributed by atoms with Gasteiger partial charge >= 0.3 is 6.18 Å². The lowest BCUT2D eigenvalue weighted by Crippen LogP contribution is -2.50. The second-order valence-electron chi connectivity index (χ2n) is 8.23. The van der Waals surface area contributed by atoms with E-state index in [0.717, 1.165) is 43.6 Å². The number of rotatable bonds is 4. The van der Waals surface area contributed by atoms with Gasteiger partial charge in [0, 0.05) is 37.7 Å². The van der Waals surface area contributed by atoms with Gasteiger partial charge in [-0.3, -0.25) is 9.59 Å². The third kappa shape index (κ3) is 5.03. The van der Waals surface area contributed by atoms with E-state index in [4.69, 9.17) is 0 Å². The van der Waals surface area contributed by atoms with E-state index in [2.05, 4.69) is 15.2 Å². The highest BCUT2D eigenvalue weighted by atomic mass is 19.4. The largest absolute Gasteiger partial charge is 0.416 e. The van der Waals surface area contributed by atoms with E-state index in [1.165, 1.54) is 18.3 Å². The number of halogens is 3. The Labute approximate surface area is 184 Å². The summed E-state index contributed by atoms with van der Waals surface area (Å²) in [6, 6.07) is 7.71. The molecule has 0 bridgehead atoms. The fourth-order valence-electron chi connectivity index (χ4n) is 4.27. The Morgan fingerprint density at radius 1 is 1.00 bits per heavy atom. The van der Waals surface area contributed by atoms with Crippen molar-refractivity contribution < 1.29 is 22.8 Å². The minimum absolute atomic E-state index is 0.0769. The average molecular weight is 446 g/mol. The van der Waals surface area contributed by atoms with Gasteiger partial charge in [-0.25, -0.2) is 4.98 Å². The fourth-order valence-corrected chi connectivity index (χ4v) is 4.27. The van der Waals surface area contributed by atoms with Crippen molar-refractivity contribution >= 4 is 23.3 Å². The molecule has 2 aromatic rings. The molecule has 32 heavy (non-hydrogen) atoms. The Kier molecular flexibility index (Phi) is 6.34. The summed E-state index contributed by atoms with van der Waals surface area (Å²) >= 11 is 0. The average Bonchev–Trinajstić information content (AvgIpc) is 3.34. The molecule has 1 saturated heterocycles. The van der Waals surface area contributed by atoms with Crippen molar-refractivity contribution in [2.24, 2.45) is 5.92 Å². The number of hydrogen-bond acceptors (Lipinski definition) is 4. The third-order valence-corrected chi connectivity index (χ3v) is 6.08.